The maximum Gasteiger partial charge on any atom is 0.138 e. The van der Waals surface area contributed by atoms with Gasteiger partial charge in [-0.15, -0.1) is 0 Å². The lowest BCUT2D eigenvalue weighted by atomic mass is 10.0. The third kappa shape index (κ3) is 3.39. The normalized spacial score (nSPS) is 14.6. The summed E-state index contributed by atoms with van der Waals surface area (Å²) in [7, 11) is 1.92. The number of halogens is 1. The van der Waals surface area contributed by atoms with Gasteiger partial charge >= 0.3 is 0 Å². The summed E-state index contributed by atoms with van der Waals surface area (Å²) in [5.74, 6) is 0.756. The van der Waals surface area contributed by atoms with Gasteiger partial charge in [-0.3, -0.25) is 0 Å². The molecule has 1 N–H and O–H groups in total. The van der Waals surface area contributed by atoms with E-state index >= 15 is 0 Å². The van der Waals surface area contributed by atoms with E-state index < -0.39 is 0 Å². The van der Waals surface area contributed by atoms with E-state index in [2.05, 4.69) is 19.2 Å². The van der Waals surface area contributed by atoms with E-state index in [-0.39, 0.29) is 5.60 Å². The zero-order valence-corrected chi connectivity index (χ0v) is 11.2. The van der Waals surface area contributed by atoms with E-state index in [4.69, 9.17) is 16.3 Å². The maximum absolute atomic E-state index is 6.15. The summed E-state index contributed by atoms with van der Waals surface area (Å²) >= 11 is 6.15. The number of likely N-dealkylation sites (N-methyl/N-ethyl adjacent to an activating group) is 1. The Morgan fingerprint density at radius 2 is 2.12 bits per heavy atom. The molecular formula is C13H20ClNO. The van der Waals surface area contributed by atoms with Crippen LogP contribution >= 0.6 is 11.6 Å². The number of aryl methyl sites for hydroxylation is 1. The van der Waals surface area contributed by atoms with Crippen molar-refractivity contribution in [2.24, 2.45) is 0 Å². The standard InChI is InChI=1S/C13H20ClNO/c1-5-13(3,9-15-4)16-12-7-6-10(2)8-11(12)14/h6-8,15H,5,9H2,1-4H3. The lowest BCUT2D eigenvalue weighted by molar-refractivity contribution is 0.0859. The summed E-state index contributed by atoms with van der Waals surface area (Å²) in [5, 5.41) is 3.82. The van der Waals surface area contributed by atoms with Gasteiger partial charge in [0, 0.05) is 6.54 Å². The van der Waals surface area contributed by atoms with Crippen LogP contribution in [-0.2, 0) is 0 Å². The molecule has 0 spiro atoms. The number of ether oxygens (including phenoxy) is 1. The van der Waals surface area contributed by atoms with Crippen LogP contribution in [0.2, 0.25) is 5.02 Å². The van der Waals surface area contributed by atoms with Crippen LogP contribution in [0.5, 0.6) is 5.75 Å². The van der Waals surface area contributed by atoms with E-state index in [0.717, 1.165) is 24.3 Å². The quantitative estimate of drug-likeness (QED) is 0.853. The molecule has 0 aliphatic heterocycles. The Balaban J connectivity index is 2.85. The van der Waals surface area contributed by atoms with Crippen molar-refractivity contribution < 1.29 is 4.74 Å². The van der Waals surface area contributed by atoms with E-state index in [1.54, 1.807) is 0 Å². The lowest BCUT2D eigenvalue weighted by Crippen LogP contribution is -2.41. The third-order valence-corrected chi connectivity index (χ3v) is 3.04. The van der Waals surface area contributed by atoms with Crippen LogP contribution in [-0.4, -0.2) is 19.2 Å². The van der Waals surface area contributed by atoms with E-state index in [1.165, 1.54) is 0 Å². The molecule has 0 aromatic heterocycles. The fourth-order valence-electron chi connectivity index (χ4n) is 1.56. The molecule has 0 radical (unpaired) electrons. The number of hydrogen-bond donors (Lipinski definition) is 1. The van der Waals surface area contributed by atoms with Crippen molar-refractivity contribution in [3.63, 3.8) is 0 Å². The molecule has 0 saturated heterocycles. The van der Waals surface area contributed by atoms with Crippen molar-refractivity contribution in [1.29, 1.82) is 0 Å². The maximum atomic E-state index is 6.15. The molecule has 0 amide bonds. The molecule has 1 atom stereocenters. The van der Waals surface area contributed by atoms with Crippen LogP contribution in [0.3, 0.4) is 0 Å². The zero-order chi connectivity index (χ0) is 12.2. The SMILES string of the molecule is CCC(C)(CNC)Oc1ccc(C)cc1Cl. The second-order valence-electron chi connectivity index (χ2n) is 4.37. The molecule has 0 aliphatic rings. The Kier molecular flexibility index (Phi) is 4.63. The largest absolute Gasteiger partial charge is 0.485 e. The van der Waals surface area contributed by atoms with Crippen LogP contribution in [0.4, 0.5) is 0 Å². The second kappa shape index (κ2) is 5.55. The van der Waals surface area contributed by atoms with Gasteiger partial charge in [0.25, 0.3) is 0 Å². The van der Waals surface area contributed by atoms with Gasteiger partial charge in [-0.05, 0) is 45.0 Å². The molecule has 16 heavy (non-hydrogen) atoms. The van der Waals surface area contributed by atoms with Crippen LogP contribution in [0.15, 0.2) is 18.2 Å². The summed E-state index contributed by atoms with van der Waals surface area (Å²) in [5.41, 5.74) is 0.928. The van der Waals surface area contributed by atoms with Crippen molar-refractivity contribution in [2.45, 2.75) is 32.8 Å². The minimum Gasteiger partial charge on any atom is -0.485 e. The first-order valence-electron chi connectivity index (χ1n) is 5.60. The lowest BCUT2D eigenvalue weighted by Gasteiger charge is -2.30. The van der Waals surface area contributed by atoms with Crippen LogP contribution in [0.25, 0.3) is 0 Å². The average molecular weight is 242 g/mol. The first-order chi connectivity index (χ1) is 7.50. The summed E-state index contributed by atoms with van der Waals surface area (Å²) in [6.07, 6.45) is 0.929. The van der Waals surface area contributed by atoms with Crippen LogP contribution < -0.4 is 10.1 Å². The van der Waals surface area contributed by atoms with Gasteiger partial charge in [0.2, 0.25) is 0 Å². The molecule has 3 heteroatoms. The number of benzene rings is 1. The first-order valence-corrected chi connectivity index (χ1v) is 5.98. The Morgan fingerprint density at radius 3 is 2.62 bits per heavy atom. The minimum atomic E-state index is -0.215. The molecule has 0 saturated carbocycles. The van der Waals surface area contributed by atoms with Gasteiger partial charge in [-0.1, -0.05) is 24.6 Å². The zero-order valence-electron chi connectivity index (χ0n) is 10.4. The summed E-state index contributed by atoms with van der Waals surface area (Å²) < 4.78 is 5.98. The third-order valence-electron chi connectivity index (χ3n) is 2.74. The molecule has 2 nitrogen and oxygen atoms in total. The van der Waals surface area contributed by atoms with E-state index in [0.29, 0.717) is 5.02 Å². The highest BCUT2D eigenvalue weighted by Gasteiger charge is 2.24. The van der Waals surface area contributed by atoms with Crippen molar-refractivity contribution in [2.75, 3.05) is 13.6 Å². The minimum absolute atomic E-state index is 0.215. The average Bonchev–Trinajstić information content (AvgIpc) is 2.23. The fourth-order valence-corrected chi connectivity index (χ4v) is 1.83. The molecule has 1 aromatic rings. The molecule has 1 unspecified atom stereocenters. The highest BCUT2D eigenvalue weighted by molar-refractivity contribution is 6.32. The Morgan fingerprint density at radius 1 is 1.44 bits per heavy atom. The predicted octanol–water partition coefficient (Wildman–Crippen LogP) is 3.42. The summed E-state index contributed by atoms with van der Waals surface area (Å²) in [6.45, 7) is 7.01. The highest BCUT2D eigenvalue weighted by Crippen LogP contribution is 2.29. The highest BCUT2D eigenvalue weighted by atomic mass is 35.5. The van der Waals surface area contributed by atoms with Crippen LogP contribution in [0, 0.1) is 6.92 Å². The monoisotopic (exact) mass is 241 g/mol. The van der Waals surface area contributed by atoms with Gasteiger partial charge in [-0.25, -0.2) is 0 Å². The fraction of sp³-hybridized carbons (Fsp3) is 0.538. The predicted molar refractivity (Wildman–Crippen MR) is 69.4 cm³/mol. The van der Waals surface area contributed by atoms with Crippen molar-refractivity contribution in [3.8, 4) is 5.75 Å². The molecule has 1 aromatic carbocycles. The number of nitrogens with one attached hydrogen (secondary N) is 1. The Labute approximate surface area is 103 Å². The molecule has 90 valence electrons. The van der Waals surface area contributed by atoms with Gasteiger partial charge in [-0.2, -0.15) is 0 Å². The second-order valence-corrected chi connectivity index (χ2v) is 4.78. The molecule has 0 heterocycles. The topological polar surface area (TPSA) is 21.3 Å². The molecule has 0 aliphatic carbocycles. The van der Waals surface area contributed by atoms with E-state index in [9.17, 15) is 0 Å². The van der Waals surface area contributed by atoms with Crippen molar-refractivity contribution >= 4 is 11.6 Å². The Hall–Kier alpha value is -0.730. The van der Waals surface area contributed by atoms with E-state index in [1.807, 2.05) is 32.2 Å². The number of rotatable bonds is 5. The summed E-state index contributed by atoms with van der Waals surface area (Å²) in [4.78, 5) is 0. The van der Waals surface area contributed by atoms with Crippen LogP contribution in [0.1, 0.15) is 25.8 Å². The summed E-state index contributed by atoms with van der Waals surface area (Å²) in [6, 6.07) is 5.87. The first kappa shape index (κ1) is 13.3. The van der Waals surface area contributed by atoms with Crippen molar-refractivity contribution in [1.82, 2.24) is 5.32 Å². The smallest absolute Gasteiger partial charge is 0.138 e. The van der Waals surface area contributed by atoms with Gasteiger partial charge in [0.15, 0.2) is 0 Å². The Bertz CT molecular complexity index is 354. The molecular weight excluding hydrogens is 222 g/mol. The molecule has 1 rings (SSSR count). The van der Waals surface area contributed by atoms with Gasteiger partial charge in [0.1, 0.15) is 11.4 Å². The molecule has 0 bridgehead atoms. The van der Waals surface area contributed by atoms with Crippen molar-refractivity contribution in [3.05, 3.63) is 28.8 Å². The van der Waals surface area contributed by atoms with Gasteiger partial charge in [0.05, 0.1) is 5.02 Å². The number of hydrogen-bond acceptors (Lipinski definition) is 2. The van der Waals surface area contributed by atoms with Gasteiger partial charge < -0.3 is 10.1 Å². The molecule has 0 fully saturated rings.